The molecule has 2 N–H and O–H groups in total. The van der Waals surface area contributed by atoms with Crippen LogP contribution in [0.4, 0.5) is 0 Å². The van der Waals surface area contributed by atoms with Crippen LogP contribution in [0.2, 0.25) is 0 Å². The number of carboxylic acid groups (broad SMARTS) is 4. The normalized spacial score (nSPS) is 6.27. The molecule has 0 saturated heterocycles. The van der Waals surface area contributed by atoms with Crippen LogP contribution in [0.15, 0.2) is 0 Å². The molecule has 0 aromatic carbocycles. The molecule has 0 spiro atoms. The Hall–Kier alpha value is -1.61. The van der Waals surface area contributed by atoms with Crippen LogP contribution in [0, 0.1) is 0 Å². The molecule has 0 heterocycles. The Bertz CT molecular complexity index is 191. The van der Waals surface area contributed by atoms with Gasteiger partial charge < -0.3 is 30.0 Å². The van der Waals surface area contributed by atoms with Crippen molar-refractivity contribution in [3.05, 3.63) is 0 Å². The summed E-state index contributed by atoms with van der Waals surface area (Å²) >= 11 is 0. The number of carboxylic acids is 4. The predicted octanol–water partition coefficient (Wildman–Crippen LogP) is -3.33. The van der Waals surface area contributed by atoms with Crippen molar-refractivity contribution in [1.82, 2.24) is 0 Å². The second-order valence-corrected chi connectivity index (χ2v) is 1.59. The maximum atomic E-state index is 9.10. The van der Waals surface area contributed by atoms with Crippen LogP contribution < -0.4 is 10.2 Å². The molecule has 15 heavy (non-hydrogen) atoms. The van der Waals surface area contributed by atoms with Crippen molar-refractivity contribution < 1.29 is 56.4 Å². The van der Waals surface area contributed by atoms with E-state index in [0.29, 0.717) is 0 Å². The van der Waals surface area contributed by atoms with Gasteiger partial charge in [0.15, 0.2) is 0 Å². The van der Waals surface area contributed by atoms with Gasteiger partial charge in [-0.2, -0.15) is 0 Å². The van der Waals surface area contributed by atoms with Gasteiger partial charge in [-0.1, -0.05) is 0 Å². The molecule has 0 fully saturated rings. The first-order valence-corrected chi connectivity index (χ1v) is 2.92. The zero-order valence-electron chi connectivity index (χ0n) is 7.68. The standard InChI is InChI=1S/C2H2O4.2C2H4O2.Co/c3-1(4)2(5)6;2*1-2(3)4;/h(H,3,4)(H,5,6);2*1H3,(H,3,4);/q;;;+2/p-2. The SMILES string of the molecule is CC(=O)[O-].CC(=O)[O-].O=C(O)C(=O)O.[Co+2]. The van der Waals surface area contributed by atoms with Gasteiger partial charge in [0.1, 0.15) is 0 Å². The van der Waals surface area contributed by atoms with E-state index in [1.54, 1.807) is 0 Å². The van der Waals surface area contributed by atoms with Crippen molar-refractivity contribution in [2.75, 3.05) is 0 Å². The fourth-order valence-corrected chi connectivity index (χ4v) is 0. The van der Waals surface area contributed by atoms with E-state index in [1.165, 1.54) is 0 Å². The first-order chi connectivity index (χ1) is 6.11. The third-order valence-electron chi connectivity index (χ3n) is 0.183. The molecule has 89 valence electrons. The summed E-state index contributed by atoms with van der Waals surface area (Å²) in [5.41, 5.74) is 0. The zero-order valence-corrected chi connectivity index (χ0v) is 8.72. The first kappa shape index (κ1) is 23.3. The maximum absolute atomic E-state index is 9.10. The molecule has 8 nitrogen and oxygen atoms in total. The van der Waals surface area contributed by atoms with Gasteiger partial charge in [-0.05, 0) is 13.8 Å². The molecule has 0 aliphatic carbocycles. The van der Waals surface area contributed by atoms with Crippen LogP contribution >= 0.6 is 0 Å². The second kappa shape index (κ2) is 14.9. The van der Waals surface area contributed by atoms with E-state index in [-0.39, 0.29) is 16.8 Å². The van der Waals surface area contributed by atoms with Gasteiger partial charge in [0.25, 0.3) is 0 Å². The van der Waals surface area contributed by atoms with E-state index < -0.39 is 23.9 Å². The quantitative estimate of drug-likeness (QED) is 0.431. The smallest absolute Gasteiger partial charge is 0.550 e. The largest absolute Gasteiger partial charge is 2.00 e. The molecular formula is C6H8CoO8. The van der Waals surface area contributed by atoms with Gasteiger partial charge in [0.05, 0.1) is 0 Å². The third-order valence-corrected chi connectivity index (χ3v) is 0.183. The van der Waals surface area contributed by atoms with Gasteiger partial charge in [-0.3, -0.25) is 0 Å². The Kier molecular flexibility index (Phi) is 23.1. The average Bonchev–Trinajstić information content (AvgIpc) is 1.83. The number of carbonyl (C=O) groups excluding carboxylic acids is 2. The number of hydrogen-bond donors (Lipinski definition) is 2. The van der Waals surface area contributed by atoms with E-state index in [9.17, 15) is 0 Å². The van der Waals surface area contributed by atoms with Crippen LogP contribution in [0.5, 0.6) is 0 Å². The van der Waals surface area contributed by atoms with Crippen LogP contribution in [-0.2, 0) is 36.0 Å². The number of carbonyl (C=O) groups is 4. The molecule has 0 amide bonds. The van der Waals surface area contributed by atoms with Crippen molar-refractivity contribution >= 4 is 23.9 Å². The summed E-state index contributed by atoms with van der Waals surface area (Å²) in [6.45, 7) is 1.94. The monoisotopic (exact) mass is 267 g/mol. The molecule has 0 aliphatic rings. The molecular weight excluding hydrogens is 259 g/mol. The summed E-state index contributed by atoms with van der Waals surface area (Å²) in [5, 5.41) is 32.6. The minimum atomic E-state index is -1.82. The molecule has 0 unspecified atom stereocenters. The number of rotatable bonds is 0. The van der Waals surface area contributed by atoms with Crippen LogP contribution in [0.3, 0.4) is 0 Å². The molecule has 0 atom stereocenters. The number of hydrogen-bond acceptors (Lipinski definition) is 6. The fourth-order valence-electron chi connectivity index (χ4n) is 0. The van der Waals surface area contributed by atoms with Crippen molar-refractivity contribution in [2.45, 2.75) is 13.8 Å². The van der Waals surface area contributed by atoms with E-state index in [4.69, 9.17) is 39.6 Å². The first-order valence-electron chi connectivity index (χ1n) is 2.92. The Morgan fingerprint density at radius 2 is 0.867 bits per heavy atom. The summed E-state index contributed by atoms with van der Waals surface area (Å²) in [5.74, 6) is -5.81. The molecule has 0 aromatic rings. The minimum Gasteiger partial charge on any atom is -0.550 e. The van der Waals surface area contributed by atoms with E-state index in [1.807, 2.05) is 0 Å². The van der Waals surface area contributed by atoms with Crippen molar-refractivity contribution in [3.63, 3.8) is 0 Å². The van der Waals surface area contributed by atoms with Gasteiger partial charge in [-0.25, -0.2) is 9.59 Å². The Morgan fingerprint density at radius 1 is 0.800 bits per heavy atom. The Labute approximate surface area is 94.7 Å². The summed E-state index contributed by atoms with van der Waals surface area (Å²) in [4.78, 5) is 36.0. The molecule has 9 heteroatoms. The van der Waals surface area contributed by atoms with Crippen LogP contribution in [0.25, 0.3) is 0 Å². The van der Waals surface area contributed by atoms with Crippen LogP contribution in [0.1, 0.15) is 13.8 Å². The molecule has 0 rings (SSSR count). The van der Waals surface area contributed by atoms with E-state index in [2.05, 4.69) is 0 Å². The van der Waals surface area contributed by atoms with Gasteiger partial charge >= 0.3 is 28.7 Å². The van der Waals surface area contributed by atoms with Crippen molar-refractivity contribution in [3.8, 4) is 0 Å². The molecule has 0 saturated carbocycles. The molecule has 1 radical (unpaired) electrons. The Balaban J connectivity index is -0.0000000606. The molecule has 0 bridgehead atoms. The topological polar surface area (TPSA) is 155 Å². The van der Waals surface area contributed by atoms with Gasteiger partial charge in [0, 0.05) is 11.9 Å². The van der Waals surface area contributed by atoms with Gasteiger partial charge in [-0.15, -0.1) is 0 Å². The average molecular weight is 267 g/mol. The minimum absolute atomic E-state index is 0. The number of aliphatic carboxylic acids is 4. The summed E-state index contributed by atoms with van der Waals surface area (Å²) in [7, 11) is 0. The van der Waals surface area contributed by atoms with Crippen LogP contribution in [-0.4, -0.2) is 34.1 Å². The van der Waals surface area contributed by atoms with Crippen molar-refractivity contribution in [2.24, 2.45) is 0 Å². The van der Waals surface area contributed by atoms with Crippen molar-refractivity contribution in [1.29, 1.82) is 0 Å². The predicted molar refractivity (Wildman–Crippen MR) is 36.6 cm³/mol. The summed E-state index contributed by atoms with van der Waals surface area (Å²) in [6, 6.07) is 0. The second-order valence-electron chi connectivity index (χ2n) is 1.59. The summed E-state index contributed by atoms with van der Waals surface area (Å²) in [6.07, 6.45) is 0. The van der Waals surface area contributed by atoms with Gasteiger partial charge in [0.2, 0.25) is 0 Å². The molecule has 0 aromatic heterocycles. The van der Waals surface area contributed by atoms with E-state index >= 15 is 0 Å². The maximum Gasteiger partial charge on any atom is 2.00 e. The Morgan fingerprint density at radius 3 is 0.867 bits per heavy atom. The zero-order chi connectivity index (χ0) is 12.3. The third kappa shape index (κ3) is 235. The fraction of sp³-hybridized carbons (Fsp3) is 0.333. The molecule has 0 aliphatic heterocycles. The van der Waals surface area contributed by atoms with E-state index in [0.717, 1.165) is 13.8 Å². The summed E-state index contributed by atoms with van der Waals surface area (Å²) < 4.78 is 0.